The van der Waals surface area contributed by atoms with Crippen molar-refractivity contribution in [2.75, 3.05) is 32.8 Å². The topological polar surface area (TPSA) is 63.0 Å². The molecule has 1 aromatic heterocycles. The fraction of sp³-hybridized carbons (Fsp3) is 0.700. The van der Waals surface area contributed by atoms with Crippen LogP contribution in [0.25, 0.3) is 0 Å². The molecule has 0 N–H and O–H groups in total. The lowest BCUT2D eigenvalue weighted by Crippen LogP contribution is -2.44. The van der Waals surface area contributed by atoms with E-state index in [0.29, 0.717) is 30.8 Å². The molecule has 1 unspecified atom stereocenters. The van der Waals surface area contributed by atoms with Gasteiger partial charge >= 0.3 is 0 Å². The fourth-order valence-corrected chi connectivity index (χ4v) is 4.71. The monoisotopic (exact) mass is 360 g/mol. The van der Waals surface area contributed by atoms with E-state index in [2.05, 4.69) is 0 Å². The van der Waals surface area contributed by atoms with Gasteiger partial charge in [-0.15, -0.1) is 0 Å². The molecule has 0 aliphatic carbocycles. The molecule has 3 aliphatic heterocycles. The summed E-state index contributed by atoms with van der Waals surface area (Å²) in [5, 5.41) is 0. The molecule has 2 amide bonds. The Bertz CT molecular complexity index is 697. The molecule has 1 aromatic rings. The average Bonchev–Trinajstić information content (AvgIpc) is 3.30. The number of carbonyl (C=O) groups is 2. The Labute approximate surface area is 154 Å². The molecule has 0 saturated carbocycles. The van der Waals surface area contributed by atoms with Crippen LogP contribution in [0.5, 0.6) is 0 Å². The first-order chi connectivity index (χ1) is 12.5. The fourth-order valence-electron chi connectivity index (χ4n) is 4.71. The standard InChI is InChI=1S/C20H28N2O4/c1-14-10-17(15(2)26-14)19(24)21-7-5-20(6-8-21)11-18(23)22(13-20)12-16-4-3-9-25-16/h10,16H,3-9,11-13H2,1-2H3. The third kappa shape index (κ3) is 3.27. The van der Waals surface area contributed by atoms with Crippen LogP contribution in [-0.4, -0.2) is 60.5 Å². The molecule has 6 heteroatoms. The summed E-state index contributed by atoms with van der Waals surface area (Å²) in [6.07, 6.45) is 4.77. The minimum Gasteiger partial charge on any atom is -0.466 e. The van der Waals surface area contributed by atoms with Crippen LogP contribution < -0.4 is 0 Å². The predicted molar refractivity (Wildman–Crippen MR) is 95.9 cm³/mol. The second kappa shape index (κ2) is 6.72. The van der Waals surface area contributed by atoms with Crippen LogP contribution in [0.15, 0.2) is 10.5 Å². The van der Waals surface area contributed by atoms with E-state index in [1.165, 1.54) is 0 Å². The summed E-state index contributed by atoms with van der Waals surface area (Å²) in [5.41, 5.74) is 0.703. The maximum absolute atomic E-state index is 12.8. The van der Waals surface area contributed by atoms with Crippen LogP contribution in [0.4, 0.5) is 0 Å². The Hall–Kier alpha value is -1.82. The number of likely N-dealkylation sites (tertiary alicyclic amines) is 2. The van der Waals surface area contributed by atoms with Crippen molar-refractivity contribution in [3.8, 4) is 0 Å². The lowest BCUT2D eigenvalue weighted by molar-refractivity contribution is -0.129. The lowest BCUT2D eigenvalue weighted by Gasteiger charge is -2.38. The molecule has 6 nitrogen and oxygen atoms in total. The van der Waals surface area contributed by atoms with Crippen LogP contribution in [0.2, 0.25) is 0 Å². The van der Waals surface area contributed by atoms with Gasteiger partial charge in [0.2, 0.25) is 5.91 Å². The summed E-state index contributed by atoms with van der Waals surface area (Å²) in [5.74, 6) is 1.76. The zero-order valence-electron chi connectivity index (χ0n) is 15.8. The molecule has 3 fully saturated rings. The zero-order chi connectivity index (χ0) is 18.3. The number of hydrogen-bond acceptors (Lipinski definition) is 4. The Morgan fingerprint density at radius 2 is 2.08 bits per heavy atom. The summed E-state index contributed by atoms with van der Waals surface area (Å²) in [4.78, 5) is 29.2. The van der Waals surface area contributed by atoms with Gasteiger partial charge in [-0.25, -0.2) is 0 Å². The predicted octanol–water partition coefficient (Wildman–Crippen LogP) is 2.53. The molecule has 1 spiro atoms. The van der Waals surface area contributed by atoms with Gasteiger partial charge in [-0.2, -0.15) is 0 Å². The summed E-state index contributed by atoms with van der Waals surface area (Å²) in [6.45, 7) is 7.50. The van der Waals surface area contributed by atoms with E-state index in [1.807, 2.05) is 29.7 Å². The average molecular weight is 360 g/mol. The van der Waals surface area contributed by atoms with Crippen molar-refractivity contribution < 1.29 is 18.7 Å². The Morgan fingerprint density at radius 3 is 2.69 bits per heavy atom. The van der Waals surface area contributed by atoms with Gasteiger partial charge in [0.25, 0.3) is 5.91 Å². The zero-order valence-corrected chi connectivity index (χ0v) is 15.8. The van der Waals surface area contributed by atoms with Crippen molar-refractivity contribution in [2.45, 2.75) is 52.1 Å². The van der Waals surface area contributed by atoms with Crippen molar-refractivity contribution in [3.05, 3.63) is 23.2 Å². The largest absolute Gasteiger partial charge is 0.466 e. The Balaban J connectivity index is 1.36. The molecule has 0 radical (unpaired) electrons. The Kier molecular flexibility index (Phi) is 4.55. The van der Waals surface area contributed by atoms with E-state index in [-0.39, 0.29) is 23.3 Å². The highest BCUT2D eigenvalue weighted by molar-refractivity contribution is 5.95. The number of ether oxygens (including phenoxy) is 1. The lowest BCUT2D eigenvalue weighted by atomic mass is 9.77. The minimum atomic E-state index is 0.0355. The van der Waals surface area contributed by atoms with Crippen LogP contribution in [0.3, 0.4) is 0 Å². The number of nitrogens with zero attached hydrogens (tertiary/aromatic N) is 2. The number of rotatable bonds is 3. The maximum atomic E-state index is 12.8. The number of carbonyl (C=O) groups excluding carboxylic acids is 2. The number of furan rings is 1. The van der Waals surface area contributed by atoms with E-state index >= 15 is 0 Å². The van der Waals surface area contributed by atoms with E-state index < -0.39 is 0 Å². The molecule has 3 aliphatic rings. The normalized spacial score (nSPS) is 25.5. The molecule has 4 heterocycles. The van der Waals surface area contributed by atoms with E-state index in [4.69, 9.17) is 9.15 Å². The number of hydrogen-bond donors (Lipinski definition) is 0. The highest BCUT2D eigenvalue weighted by Gasteiger charge is 2.46. The van der Waals surface area contributed by atoms with Crippen molar-refractivity contribution in [1.29, 1.82) is 0 Å². The van der Waals surface area contributed by atoms with Crippen molar-refractivity contribution in [1.82, 2.24) is 9.80 Å². The molecular weight excluding hydrogens is 332 g/mol. The third-order valence-electron chi connectivity index (χ3n) is 6.24. The third-order valence-corrected chi connectivity index (χ3v) is 6.24. The molecule has 142 valence electrons. The van der Waals surface area contributed by atoms with Crippen LogP contribution in [0.1, 0.15) is 54.0 Å². The van der Waals surface area contributed by atoms with Crippen LogP contribution >= 0.6 is 0 Å². The highest BCUT2D eigenvalue weighted by Crippen LogP contribution is 2.41. The van der Waals surface area contributed by atoms with Gasteiger partial charge < -0.3 is 19.0 Å². The van der Waals surface area contributed by atoms with Gasteiger partial charge in [0.1, 0.15) is 11.5 Å². The van der Waals surface area contributed by atoms with Gasteiger partial charge in [-0.05, 0) is 45.6 Å². The molecule has 3 saturated heterocycles. The Morgan fingerprint density at radius 1 is 1.31 bits per heavy atom. The highest BCUT2D eigenvalue weighted by atomic mass is 16.5. The molecule has 4 rings (SSSR count). The van der Waals surface area contributed by atoms with Crippen molar-refractivity contribution >= 4 is 11.8 Å². The summed E-state index contributed by atoms with van der Waals surface area (Å²) in [6, 6.07) is 1.82. The summed E-state index contributed by atoms with van der Waals surface area (Å²) < 4.78 is 11.2. The SMILES string of the molecule is Cc1cc(C(=O)N2CCC3(CC2)CC(=O)N(CC2CCCO2)C3)c(C)o1. The van der Waals surface area contributed by atoms with Gasteiger partial charge in [0.05, 0.1) is 11.7 Å². The molecular formula is C20H28N2O4. The molecule has 0 bridgehead atoms. The molecule has 26 heavy (non-hydrogen) atoms. The van der Waals surface area contributed by atoms with Gasteiger partial charge in [0.15, 0.2) is 0 Å². The van der Waals surface area contributed by atoms with E-state index in [1.54, 1.807) is 0 Å². The molecule has 0 aromatic carbocycles. The number of amides is 2. The number of piperidine rings is 1. The second-order valence-electron chi connectivity index (χ2n) is 8.21. The smallest absolute Gasteiger partial charge is 0.257 e. The first-order valence-corrected chi connectivity index (χ1v) is 9.71. The first kappa shape index (κ1) is 17.6. The molecule has 1 atom stereocenters. The quantitative estimate of drug-likeness (QED) is 0.831. The summed E-state index contributed by atoms with van der Waals surface area (Å²) >= 11 is 0. The first-order valence-electron chi connectivity index (χ1n) is 9.71. The van der Waals surface area contributed by atoms with Gasteiger partial charge in [-0.3, -0.25) is 9.59 Å². The van der Waals surface area contributed by atoms with Gasteiger partial charge in [-0.1, -0.05) is 0 Å². The summed E-state index contributed by atoms with van der Waals surface area (Å²) in [7, 11) is 0. The minimum absolute atomic E-state index is 0.0355. The van der Waals surface area contributed by atoms with E-state index in [9.17, 15) is 9.59 Å². The van der Waals surface area contributed by atoms with Crippen LogP contribution in [-0.2, 0) is 9.53 Å². The van der Waals surface area contributed by atoms with Crippen molar-refractivity contribution in [2.24, 2.45) is 5.41 Å². The number of aryl methyl sites for hydroxylation is 2. The van der Waals surface area contributed by atoms with E-state index in [0.717, 1.165) is 51.1 Å². The van der Waals surface area contributed by atoms with Crippen LogP contribution in [0, 0.1) is 19.3 Å². The van der Waals surface area contributed by atoms with Gasteiger partial charge in [0, 0.05) is 44.6 Å². The second-order valence-corrected chi connectivity index (χ2v) is 8.21. The van der Waals surface area contributed by atoms with Crippen molar-refractivity contribution in [3.63, 3.8) is 0 Å². The maximum Gasteiger partial charge on any atom is 0.257 e.